The van der Waals surface area contributed by atoms with Gasteiger partial charge in [-0.25, -0.2) is 0 Å². The topological polar surface area (TPSA) is 0 Å². The van der Waals surface area contributed by atoms with Gasteiger partial charge in [-0.3, -0.25) is 0 Å². The molecule has 0 aliphatic carbocycles. The van der Waals surface area contributed by atoms with Gasteiger partial charge in [0.15, 0.2) is 0 Å². The third-order valence-corrected chi connectivity index (χ3v) is 4.35. The molecule has 0 spiro atoms. The van der Waals surface area contributed by atoms with Gasteiger partial charge in [0, 0.05) is 8.59 Å². The predicted molar refractivity (Wildman–Crippen MR) is 81.4 cm³/mol. The lowest BCUT2D eigenvalue weighted by Crippen LogP contribution is -1.92. The lowest BCUT2D eigenvalue weighted by atomic mass is 10.1. The van der Waals surface area contributed by atoms with E-state index in [4.69, 9.17) is 11.6 Å². The maximum absolute atomic E-state index is 5.87. The van der Waals surface area contributed by atoms with E-state index in [0.29, 0.717) is 0 Å². The van der Waals surface area contributed by atoms with Crippen molar-refractivity contribution in [2.75, 3.05) is 0 Å². The summed E-state index contributed by atoms with van der Waals surface area (Å²) in [6.45, 7) is 0. The standard InChI is InChI=1S/C13H9BrClI/c14-13(9-1-5-11(15)6-2-9)10-3-7-12(16)8-4-10/h1-8,13H. The highest BCUT2D eigenvalue weighted by Crippen LogP contribution is 2.31. The molecular formula is C13H9BrClI. The SMILES string of the molecule is Clc1ccc(C(Br)c2ccc(I)cc2)cc1. The zero-order valence-electron chi connectivity index (χ0n) is 8.33. The summed E-state index contributed by atoms with van der Waals surface area (Å²) in [5.74, 6) is 0. The third-order valence-electron chi connectivity index (χ3n) is 2.33. The summed E-state index contributed by atoms with van der Waals surface area (Å²) in [6, 6.07) is 16.4. The molecule has 0 saturated carbocycles. The van der Waals surface area contributed by atoms with Crippen molar-refractivity contribution in [2.24, 2.45) is 0 Å². The maximum Gasteiger partial charge on any atom is 0.0644 e. The maximum atomic E-state index is 5.87. The van der Waals surface area contributed by atoms with Crippen LogP contribution >= 0.6 is 50.1 Å². The summed E-state index contributed by atoms with van der Waals surface area (Å²) in [6.07, 6.45) is 0. The molecule has 16 heavy (non-hydrogen) atoms. The minimum Gasteiger partial charge on any atom is -0.0843 e. The molecule has 2 aromatic carbocycles. The van der Waals surface area contributed by atoms with Crippen LogP contribution in [0.3, 0.4) is 0 Å². The van der Waals surface area contributed by atoms with Gasteiger partial charge in [0.05, 0.1) is 4.83 Å². The van der Waals surface area contributed by atoms with Gasteiger partial charge in [0.2, 0.25) is 0 Å². The fourth-order valence-corrected chi connectivity index (χ4v) is 2.55. The average Bonchev–Trinajstić information content (AvgIpc) is 2.30. The molecule has 3 heteroatoms. The number of alkyl halides is 1. The molecule has 0 aliphatic rings. The average molecular weight is 407 g/mol. The van der Waals surface area contributed by atoms with Crippen molar-refractivity contribution in [1.82, 2.24) is 0 Å². The lowest BCUT2D eigenvalue weighted by molar-refractivity contribution is 1.18. The smallest absolute Gasteiger partial charge is 0.0644 e. The molecule has 0 saturated heterocycles. The molecule has 0 amide bonds. The van der Waals surface area contributed by atoms with E-state index >= 15 is 0 Å². The fourth-order valence-electron chi connectivity index (χ4n) is 1.46. The van der Waals surface area contributed by atoms with E-state index in [0.717, 1.165) is 5.02 Å². The molecule has 0 nitrogen and oxygen atoms in total. The van der Waals surface area contributed by atoms with Crippen LogP contribution in [-0.4, -0.2) is 0 Å². The Morgan fingerprint density at radius 2 is 1.31 bits per heavy atom. The van der Waals surface area contributed by atoms with Gasteiger partial charge in [0.25, 0.3) is 0 Å². The first-order valence-electron chi connectivity index (χ1n) is 4.82. The fraction of sp³-hybridized carbons (Fsp3) is 0.0769. The molecule has 0 radical (unpaired) electrons. The van der Waals surface area contributed by atoms with Crippen molar-refractivity contribution in [1.29, 1.82) is 0 Å². The van der Waals surface area contributed by atoms with Gasteiger partial charge in [-0.05, 0) is 58.0 Å². The molecule has 0 bridgehead atoms. The van der Waals surface area contributed by atoms with E-state index in [-0.39, 0.29) is 4.83 Å². The molecule has 2 aromatic rings. The van der Waals surface area contributed by atoms with Gasteiger partial charge in [0.1, 0.15) is 0 Å². The molecule has 0 aromatic heterocycles. The van der Waals surface area contributed by atoms with Gasteiger partial charge in [-0.2, -0.15) is 0 Å². The van der Waals surface area contributed by atoms with Crippen LogP contribution in [0.2, 0.25) is 5.02 Å². The molecule has 0 heterocycles. The largest absolute Gasteiger partial charge is 0.0843 e. The molecule has 1 atom stereocenters. The Morgan fingerprint density at radius 3 is 1.81 bits per heavy atom. The Bertz CT molecular complexity index is 419. The van der Waals surface area contributed by atoms with E-state index in [1.165, 1.54) is 14.7 Å². The van der Waals surface area contributed by atoms with Crippen molar-refractivity contribution in [2.45, 2.75) is 4.83 Å². The first kappa shape index (κ1) is 12.4. The highest BCUT2D eigenvalue weighted by molar-refractivity contribution is 14.1. The summed E-state index contributed by atoms with van der Waals surface area (Å²) < 4.78 is 1.25. The van der Waals surface area contributed by atoms with Crippen LogP contribution in [-0.2, 0) is 0 Å². The minimum atomic E-state index is 0.224. The van der Waals surface area contributed by atoms with Gasteiger partial charge >= 0.3 is 0 Å². The number of benzene rings is 2. The van der Waals surface area contributed by atoms with Crippen molar-refractivity contribution in [3.05, 3.63) is 68.3 Å². The minimum absolute atomic E-state index is 0.224. The van der Waals surface area contributed by atoms with Crippen LogP contribution in [0.5, 0.6) is 0 Å². The molecule has 0 aliphatic heterocycles. The summed E-state index contributed by atoms with van der Waals surface area (Å²) in [5, 5.41) is 0.770. The van der Waals surface area contributed by atoms with Crippen molar-refractivity contribution >= 4 is 50.1 Å². The normalized spacial score (nSPS) is 12.4. The second-order valence-electron chi connectivity index (χ2n) is 3.47. The molecule has 1 unspecified atom stereocenters. The van der Waals surface area contributed by atoms with E-state index in [9.17, 15) is 0 Å². The summed E-state index contributed by atoms with van der Waals surface area (Å²) in [5.41, 5.74) is 2.47. The van der Waals surface area contributed by atoms with Gasteiger partial charge < -0.3 is 0 Å². The lowest BCUT2D eigenvalue weighted by Gasteiger charge is -2.10. The molecule has 0 N–H and O–H groups in total. The Kier molecular flexibility index (Phi) is 4.27. The van der Waals surface area contributed by atoms with Crippen LogP contribution in [0.15, 0.2) is 48.5 Å². The highest BCUT2D eigenvalue weighted by Gasteiger charge is 2.09. The van der Waals surface area contributed by atoms with Crippen LogP contribution in [0, 0.1) is 3.57 Å². The number of halogens is 3. The third kappa shape index (κ3) is 2.99. The highest BCUT2D eigenvalue weighted by atomic mass is 127. The number of rotatable bonds is 2. The number of hydrogen-bond donors (Lipinski definition) is 0. The van der Waals surface area contributed by atoms with E-state index in [1.54, 1.807) is 0 Å². The van der Waals surface area contributed by atoms with Gasteiger partial charge in [-0.15, -0.1) is 0 Å². The number of hydrogen-bond acceptors (Lipinski definition) is 0. The van der Waals surface area contributed by atoms with Crippen LogP contribution < -0.4 is 0 Å². The van der Waals surface area contributed by atoms with Crippen molar-refractivity contribution in [3.63, 3.8) is 0 Å². The van der Waals surface area contributed by atoms with Crippen molar-refractivity contribution < 1.29 is 0 Å². The van der Waals surface area contributed by atoms with Crippen LogP contribution in [0.4, 0.5) is 0 Å². The second-order valence-corrected chi connectivity index (χ2v) is 6.06. The molecular weight excluding hydrogens is 398 g/mol. The van der Waals surface area contributed by atoms with E-state index in [2.05, 4.69) is 62.8 Å². The zero-order chi connectivity index (χ0) is 11.5. The Labute approximate surface area is 122 Å². The summed E-state index contributed by atoms with van der Waals surface area (Å²) in [7, 11) is 0. The van der Waals surface area contributed by atoms with Crippen molar-refractivity contribution in [3.8, 4) is 0 Å². The molecule has 0 fully saturated rings. The summed E-state index contributed by atoms with van der Waals surface area (Å²) in [4.78, 5) is 0.224. The van der Waals surface area contributed by atoms with E-state index < -0.39 is 0 Å². The second kappa shape index (κ2) is 5.52. The summed E-state index contributed by atoms with van der Waals surface area (Å²) >= 11 is 11.9. The monoisotopic (exact) mass is 406 g/mol. The first-order chi connectivity index (χ1) is 7.66. The van der Waals surface area contributed by atoms with Crippen LogP contribution in [0.25, 0.3) is 0 Å². The zero-order valence-corrected chi connectivity index (χ0v) is 12.8. The predicted octanol–water partition coefficient (Wildman–Crippen LogP) is 5.43. The first-order valence-corrected chi connectivity index (χ1v) is 7.19. The van der Waals surface area contributed by atoms with Gasteiger partial charge in [-0.1, -0.05) is 51.8 Å². The Morgan fingerprint density at radius 1 is 0.875 bits per heavy atom. The van der Waals surface area contributed by atoms with Crippen LogP contribution in [0.1, 0.15) is 16.0 Å². The molecule has 82 valence electrons. The van der Waals surface area contributed by atoms with E-state index in [1.807, 2.05) is 24.3 Å². The quantitative estimate of drug-likeness (QED) is 0.460. The molecule has 2 rings (SSSR count). The Balaban J connectivity index is 2.28. The Hall–Kier alpha value is -0.0600.